The third kappa shape index (κ3) is 6.73. The average Bonchev–Trinajstić information content (AvgIpc) is 2.83. The van der Waals surface area contributed by atoms with E-state index in [4.69, 9.17) is 9.73 Å². The summed E-state index contributed by atoms with van der Waals surface area (Å²) >= 11 is 0. The Bertz CT molecular complexity index is 685. The SMILES string of the molecule is CCNC(=NCC(C)Cn1nc(C)cc1C)NC1CN(C(=O)OC(C)(C)C)C1. The maximum Gasteiger partial charge on any atom is 0.410 e. The molecule has 8 heteroatoms. The third-order valence-electron chi connectivity index (χ3n) is 4.37. The van der Waals surface area contributed by atoms with E-state index in [0.29, 0.717) is 25.6 Å². The zero-order valence-corrected chi connectivity index (χ0v) is 18.4. The summed E-state index contributed by atoms with van der Waals surface area (Å²) in [5.41, 5.74) is 1.76. The zero-order valence-electron chi connectivity index (χ0n) is 18.4. The Morgan fingerprint density at radius 2 is 2.07 bits per heavy atom. The van der Waals surface area contributed by atoms with Gasteiger partial charge in [-0.3, -0.25) is 9.67 Å². The summed E-state index contributed by atoms with van der Waals surface area (Å²) in [5, 5.41) is 11.2. The predicted octanol–water partition coefficient (Wildman–Crippen LogP) is 2.31. The molecule has 8 nitrogen and oxygen atoms in total. The number of likely N-dealkylation sites (tertiary alicyclic amines) is 1. The molecule has 1 aliphatic heterocycles. The van der Waals surface area contributed by atoms with Crippen LogP contribution in [-0.2, 0) is 11.3 Å². The van der Waals surface area contributed by atoms with E-state index < -0.39 is 5.60 Å². The molecule has 1 atom stereocenters. The Balaban J connectivity index is 1.81. The van der Waals surface area contributed by atoms with Crippen LogP contribution in [0.5, 0.6) is 0 Å². The summed E-state index contributed by atoms with van der Waals surface area (Å²) in [7, 11) is 0. The predicted molar refractivity (Wildman–Crippen MR) is 112 cm³/mol. The monoisotopic (exact) mass is 392 g/mol. The van der Waals surface area contributed by atoms with Crippen LogP contribution < -0.4 is 10.6 Å². The summed E-state index contributed by atoms with van der Waals surface area (Å²) in [5.74, 6) is 1.16. The Hall–Kier alpha value is -2.25. The first kappa shape index (κ1) is 22.0. The van der Waals surface area contributed by atoms with E-state index in [0.717, 1.165) is 24.7 Å². The Morgan fingerprint density at radius 3 is 2.61 bits per heavy atom. The maximum absolute atomic E-state index is 12.0. The molecule has 0 aliphatic carbocycles. The molecule has 1 amide bonds. The molecule has 1 aromatic heterocycles. The minimum atomic E-state index is -0.465. The lowest BCUT2D eigenvalue weighted by atomic mass is 10.1. The summed E-state index contributed by atoms with van der Waals surface area (Å²) in [6.45, 7) is 17.5. The van der Waals surface area contributed by atoms with Gasteiger partial charge in [0.25, 0.3) is 0 Å². The number of amides is 1. The highest BCUT2D eigenvalue weighted by Crippen LogP contribution is 2.15. The quantitative estimate of drug-likeness (QED) is 0.573. The van der Waals surface area contributed by atoms with E-state index in [1.54, 1.807) is 4.90 Å². The first-order chi connectivity index (χ1) is 13.1. The van der Waals surface area contributed by atoms with Crippen molar-refractivity contribution in [2.75, 3.05) is 26.2 Å². The number of rotatable bonds is 6. The standard InChI is InChI=1S/C20H36N6O2/c1-8-21-18(22-10-14(2)11-26-16(4)9-15(3)24-26)23-17-12-25(13-17)19(27)28-20(5,6)7/h9,14,17H,8,10-13H2,1-7H3,(H2,21,22,23). The lowest BCUT2D eigenvalue weighted by Crippen LogP contribution is -2.63. The first-order valence-electron chi connectivity index (χ1n) is 10.1. The van der Waals surface area contributed by atoms with Gasteiger partial charge in [0, 0.05) is 38.4 Å². The van der Waals surface area contributed by atoms with Gasteiger partial charge in [-0.15, -0.1) is 0 Å². The number of ether oxygens (including phenoxy) is 1. The van der Waals surface area contributed by atoms with Crippen molar-refractivity contribution in [1.82, 2.24) is 25.3 Å². The fourth-order valence-corrected chi connectivity index (χ4v) is 3.02. The fourth-order valence-electron chi connectivity index (χ4n) is 3.02. The highest BCUT2D eigenvalue weighted by Gasteiger charge is 2.34. The summed E-state index contributed by atoms with van der Waals surface area (Å²) in [4.78, 5) is 18.5. The summed E-state index contributed by atoms with van der Waals surface area (Å²) in [6.07, 6.45) is -0.258. The molecule has 0 bridgehead atoms. The fraction of sp³-hybridized carbons (Fsp3) is 0.750. The summed E-state index contributed by atoms with van der Waals surface area (Å²) in [6, 6.07) is 2.28. The van der Waals surface area contributed by atoms with Crippen LogP contribution in [0.15, 0.2) is 11.1 Å². The van der Waals surface area contributed by atoms with E-state index in [-0.39, 0.29) is 12.1 Å². The second kappa shape index (κ2) is 9.30. The number of aromatic nitrogens is 2. The van der Waals surface area contributed by atoms with E-state index >= 15 is 0 Å². The zero-order chi connectivity index (χ0) is 20.9. The van der Waals surface area contributed by atoms with Crippen LogP contribution in [0.4, 0.5) is 4.79 Å². The molecule has 158 valence electrons. The van der Waals surface area contributed by atoms with Crippen LogP contribution in [0.2, 0.25) is 0 Å². The molecule has 1 unspecified atom stereocenters. The van der Waals surface area contributed by atoms with Crippen molar-refractivity contribution in [1.29, 1.82) is 0 Å². The Labute approximate surface area is 168 Å². The minimum absolute atomic E-state index is 0.191. The number of hydrogen-bond acceptors (Lipinski definition) is 4. The third-order valence-corrected chi connectivity index (χ3v) is 4.37. The lowest BCUT2D eigenvalue weighted by Gasteiger charge is -2.40. The maximum atomic E-state index is 12.0. The van der Waals surface area contributed by atoms with Gasteiger partial charge >= 0.3 is 6.09 Å². The number of nitrogens with zero attached hydrogens (tertiary/aromatic N) is 4. The molecule has 0 saturated carbocycles. The van der Waals surface area contributed by atoms with Gasteiger partial charge in [-0.25, -0.2) is 4.79 Å². The highest BCUT2D eigenvalue weighted by molar-refractivity contribution is 5.80. The van der Waals surface area contributed by atoms with Gasteiger partial charge in [-0.05, 0) is 53.5 Å². The van der Waals surface area contributed by atoms with Crippen LogP contribution >= 0.6 is 0 Å². The molecular formula is C20H36N6O2. The van der Waals surface area contributed by atoms with E-state index in [1.165, 1.54) is 5.69 Å². The molecule has 2 heterocycles. The summed E-state index contributed by atoms with van der Waals surface area (Å²) < 4.78 is 7.44. The second-order valence-electron chi connectivity index (χ2n) is 8.66. The first-order valence-corrected chi connectivity index (χ1v) is 10.1. The van der Waals surface area contributed by atoms with Crippen LogP contribution in [0.3, 0.4) is 0 Å². The highest BCUT2D eigenvalue weighted by atomic mass is 16.6. The molecule has 1 saturated heterocycles. The lowest BCUT2D eigenvalue weighted by molar-refractivity contribution is 0.00700. The second-order valence-corrected chi connectivity index (χ2v) is 8.66. The van der Waals surface area contributed by atoms with Crippen LogP contribution in [0.1, 0.15) is 46.0 Å². The molecule has 0 aromatic carbocycles. The molecule has 28 heavy (non-hydrogen) atoms. The van der Waals surface area contributed by atoms with Crippen LogP contribution in [-0.4, -0.2) is 64.6 Å². The van der Waals surface area contributed by atoms with E-state index in [2.05, 4.69) is 35.6 Å². The van der Waals surface area contributed by atoms with Crippen molar-refractivity contribution < 1.29 is 9.53 Å². The topological polar surface area (TPSA) is 83.8 Å². The van der Waals surface area contributed by atoms with Crippen molar-refractivity contribution in [2.24, 2.45) is 10.9 Å². The van der Waals surface area contributed by atoms with Crippen molar-refractivity contribution in [3.8, 4) is 0 Å². The van der Waals surface area contributed by atoms with Gasteiger partial charge in [0.05, 0.1) is 11.7 Å². The average molecular weight is 393 g/mol. The van der Waals surface area contributed by atoms with E-state index in [9.17, 15) is 4.79 Å². The number of aliphatic imine (C=N–C) groups is 1. The van der Waals surface area contributed by atoms with Crippen molar-refractivity contribution in [3.63, 3.8) is 0 Å². The molecule has 0 radical (unpaired) electrons. The van der Waals surface area contributed by atoms with Crippen molar-refractivity contribution in [3.05, 3.63) is 17.5 Å². The molecule has 1 aromatic rings. The van der Waals surface area contributed by atoms with Crippen LogP contribution in [0.25, 0.3) is 0 Å². The smallest absolute Gasteiger partial charge is 0.410 e. The van der Waals surface area contributed by atoms with E-state index in [1.807, 2.05) is 39.3 Å². The van der Waals surface area contributed by atoms with Crippen molar-refractivity contribution >= 4 is 12.1 Å². The molecule has 2 rings (SSSR count). The van der Waals surface area contributed by atoms with Crippen molar-refractivity contribution in [2.45, 2.75) is 66.7 Å². The Morgan fingerprint density at radius 1 is 1.39 bits per heavy atom. The van der Waals surface area contributed by atoms with Crippen LogP contribution in [0, 0.1) is 19.8 Å². The van der Waals surface area contributed by atoms with Gasteiger partial charge < -0.3 is 20.3 Å². The number of hydrogen-bond donors (Lipinski definition) is 2. The van der Waals surface area contributed by atoms with Gasteiger partial charge in [0.2, 0.25) is 0 Å². The molecule has 1 aliphatic rings. The molecular weight excluding hydrogens is 356 g/mol. The molecule has 2 N–H and O–H groups in total. The number of nitrogens with one attached hydrogen (secondary N) is 2. The molecule has 0 spiro atoms. The normalized spacial score (nSPS) is 16.5. The Kier molecular flexibility index (Phi) is 7.32. The minimum Gasteiger partial charge on any atom is -0.444 e. The number of carbonyl (C=O) groups is 1. The van der Waals surface area contributed by atoms with Gasteiger partial charge in [0.15, 0.2) is 5.96 Å². The van der Waals surface area contributed by atoms with Gasteiger partial charge in [-0.2, -0.15) is 5.10 Å². The molecule has 1 fully saturated rings. The van der Waals surface area contributed by atoms with Gasteiger partial charge in [-0.1, -0.05) is 6.92 Å². The number of guanidine groups is 1. The van der Waals surface area contributed by atoms with Gasteiger partial charge in [0.1, 0.15) is 5.60 Å². The largest absolute Gasteiger partial charge is 0.444 e. The number of aryl methyl sites for hydroxylation is 2. The number of carbonyl (C=O) groups excluding carboxylic acids is 1.